The zero-order chi connectivity index (χ0) is 22.2. The molecule has 0 aliphatic carbocycles. The number of nitrogens with zero attached hydrogens (tertiary/aromatic N) is 1. The number of carbonyl (C=O) groups excluding carboxylic acids is 1. The topological polar surface area (TPSA) is 80.3 Å². The minimum atomic E-state index is -0.455. The number of anilines is 1. The summed E-state index contributed by atoms with van der Waals surface area (Å²) >= 11 is 17.7. The van der Waals surface area contributed by atoms with Crippen molar-refractivity contribution < 1.29 is 13.6 Å². The summed E-state index contributed by atoms with van der Waals surface area (Å²) in [6.07, 6.45) is 0. The third-order valence-electron chi connectivity index (χ3n) is 4.68. The predicted molar refractivity (Wildman–Crippen MR) is 129 cm³/mol. The van der Waals surface area contributed by atoms with E-state index >= 15 is 0 Å². The molecule has 0 saturated heterocycles. The van der Waals surface area contributed by atoms with Crippen molar-refractivity contribution in [3.63, 3.8) is 0 Å². The molecule has 0 spiro atoms. The van der Waals surface area contributed by atoms with Gasteiger partial charge in [-0.3, -0.25) is 10.1 Å². The van der Waals surface area contributed by atoms with Crippen LogP contribution in [0, 0.1) is 0 Å². The van der Waals surface area contributed by atoms with Gasteiger partial charge in [0.15, 0.2) is 16.5 Å². The molecule has 0 unspecified atom stereocenters. The van der Waals surface area contributed by atoms with Gasteiger partial charge in [-0.15, -0.1) is 0 Å². The third kappa shape index (κ3) is 4.05. The van der Waals surface area contributed by atoms with Gasteiger partial charge in [-0.05, 0) is 60.7 Å². The van der Waals surface area contributed by atoms with Gasteiger partial charge in [0.25, 0.3) is 5.91 Å². The highest BCUT2D eigenvalue weighted by Crippen LogP contribution is 2.33. The van der Waals surface area contributed by atoms with Crippen LogP contribution in [0.2, 0.25) is 10.0 Å². The summed E-state index contributed by atoms with van der Waals surface area (Å²) in [5.41, 5.74) is 3.00. The summed E-state index contributed by atoms with van der Waals surface area (Å²) in [6, 6.07) is 19.3. The summed E-state index contributed by atoms with van der Waals surface area (Å²) < 4.78 is 11.4. The van der Waals surface area contributed by atoms with Gasteiger partial charge in [-0.2, -0.15) is 0 Å². The minimum absolute atomic E-state index is 0.105. The Labute approximate surface area is 197 Å². The van der Waals surface area contributed by atoms with Crippen molar-refractivity contribution in [2.24, 2.45) is 0 Å². The van der Waals surface area contributed by atoms with Crippen LogP contribution in [-0.2, 0) is 0 Å². The maximum absolute atomic E-state index is 12.5. The van der Waals surface area contributed by atoms with Crippen molar-refractivity contribution in [3.05, 3.63) is 82.5 Å². The first-order chi connectivity index (χ1) is 15.5. The largest absolute Gasteiger partial charge is 0.451 e. The van der Waals surface area contributed by atoms with Crippen LogP contribution in [0.25, 0.3) is 33.5 Å². The molecule has 2 aromatic heterocycles. The lowest BCUT2D eigenvalue weighted by molar-refractivity contribution is 0.0953. The number of para-hydroxylation sites is 1. The first kappa shape index (κ1) is 20.5. The Bertz CT molecular complexity index is 1480. The van der Waals surface area contributed by atoms with E-state index in [1.54, 1.807) is 48.5 Å². The van der Waals surface area contributed by atoms with Crippen LogP contribution in [0.1, 0.15) is 10.6 Å². The van der Waals surface area contributed by atoms with E-state index in [0.29, 0.717) is 43.9 Å². The second kappa shape index (κ2) is 8.27. The molecule has 0 saturated carbocycles. The molecular weight excluding hydrogens is 469 g/mol. The van der Waals surface area contributed by atoms with Crippen molar-refractivity contribution in [1.82, 2.24) is 10.3 Å². The zero-order valence-electron chi connectivity index (χ0n) is 16.2. The van der Waals surface area contributed by atoms with Crippen LogP contribution in [0.5, 0.6) is 0 Å². The van der Waals surface area contributed by atoms with Crippen LogP contribution in [0.4, 0.5) is 5.69 Å². The smallest absolute Gasteiger partial charge is 0.293 e. The molecule has 6 nitrogen and oxygen atoms in total. The normalized spacial score (nSPS) is 11.1. The maximum atomic E-state index is 12.5. The maximum Gasteiger partial charge on any atom is 0.293 e. The van der Waals surface area contributed by atoms with E-state index in [4.69, 9.17) is 44.3 Å². The number of hydrogen-bond donors (Lipinski definition) is 2. The molecule has 0 atom stereocenters. The monoisotopic (exact) mass is 481 g/mol. The second-order valence-electron chi connectivity index (χ2n) is 6.88. The number of aromatic nitrogens is 1. The fourth-order valence-corrected chi connectivity index (χ4v) is 3.78. The Kier molecular flexibility index (Phi) is 5.30. The van der Waals surface area contributed by atoms with Gasteiger partial charge in [0.05, 0.1) is 10.6 Å². The van der Waals surface area contributed by atoms with Crippen molar-refractivity contribution in [3.8, 4) is 11.5 Å². The minimum Gasteiger partial charge on any atom is -0.451 e. The molecule has 0 bridgehead atoms. The fraction of sp³-hybridized carbons (Fsp3) is 0. The van der Waals surface area contributed by atoms with Gasteiger partial charge >= 0.3 is 0 Å². The Morgan fingerprint density at radius 1 is 0.938 bits per heavy atom. The van der Waals surface area contributed by atoms with Gasteiger partial charge in [-0.25, -0.2) is 4.98 Å². The predicted octanol–water partition coefficient (Wildman–Crippen LogP) is 6.67. The molecule has 2 N–H and O–H groups in total. The molecule has 2 heterocycles. The standard InChI is InChI=1S/C23H13Cl2N3O3S/c24-13-5-8-19-17(10-13)27-22(31-19)15-11-14(6-7-16(15)25)26-23(32)28-21(29)20-9-12-3-1-2-4-18(12)30-20/h1-11H,(H2,26,28,29,32). The number of amides is 1. The SMILES string of the molecule is O=C(NC(=S)Nc1ccc(Cl)c(-c2nc3cc(Cl)ccc3o2)c1)c1cc2ccccc2o1. The number of hydrogen-bond acceptors (Lipinski definition) is 5. The highest BCUT2D eigenvalue weighted by molar-refractivity contribution is 7.80. The van der Waals surface area contributed by atoms with Crippen LogP contribution >= 0.6 is 35.4 Å². The molecule has 0 fully saturated rings. The molecule has 158 valence electrons. The van der Waals surface area contributed by atoms with Gasteiger partial charge in [0, 0.05) is 16.1 Å². The summed E-state index contributed by atoms with van der Waals surface area (Å²) in [5.74, 6) is 0.0501. The van der Waals surface area contributed by atoms with Gasteiger partial charge in [-0.1, -0.05) is 41.4 Å². The molecule has 1 amide bonds. The fourth-order valence-electron chi connectivity index (χ4n) is 3.20. The van der Waals surface area contributed by atoms with Crippen molar-refractivity contribution >= 4 is 74.2 Å². The molecule has 32 heavy (non-hydrogen) atoms. The summed E-state index contributed by atoms with van der Waals surface area (Å²) in [4.78, 5) is 17.0. The third-order valence-corrected chi connectivity index (χ3v) is 5.45. The van der Waals surface area contributed by atoms with Gasteiger partial charge in [0.1, 0.15) is 11.1 Å². The number of furan rings is 1. The molecule has 0 radical (unpaired) electrons. The lowest BCUT2D eigenvalue weighted by Crippen LogP contribution is -2.33. The quantitative estimate of drug-likeness (QED) is 0.280. The Morgan fingerprint density at radius 3 is 2.62 bits per heavy atom. The number of nitrogens with one attached hydrogen (secondary N) is 2. The average Bonchev–Trinajstić information content (AvgIpc) is 3.38. The number of halogens is 2. The molecule has 5 rings (SSSR count). The Balaban J connectivity index is 1.34. The number of carbonyl (C=O) groups is 1. The first-order valence-electron chi connectivity index (χ1n) is 9.43. The van der Waals surface area contributed by atoms with Crippen molar-refractivity contribution in [2.45, 2.75) is 0 Å². The number of benzene rings is 3. The average molecular weight is 482 g/mol. The summed E-state index contributed by atoms with van der Waals surface area (Å²) in [6.45, 7) is 0. The number of thiocarbonyl (C=S) groups is 1. The zero-order valence-corrected chi connectivity index (χ0v) is 18.5. The highest BCUT2D eigenvalue weighted by atomic mass is 35.5. The highest BCUT2D eigenvalue weighted by Gasteiger charge is 2.16. The van der Waals surface area contributed by atoms with Crippen molar-refractivity contribution in [2.75, 3.05) is 5.32 Å². The molecule has 0 aliphatic heterocycles. The summed E-state index contributed by atoms with van der Waals surface area (Å²) in [7, 11) is 0. The van der Waals surface area contributed by atoms with Crippen LogP contribution < -0.4 is 10.6 Å². The molecule has 0 aliphatic rings. The molecule has 5 aromatic rings. The van der Waals surface area contributed by atoms with E-state index in [1.165, 1.54) is 0 Å². The number of rotatable bonds is 3. The van der Waals surface area contributed by atoms with E-state index in [-0.39, 0.29) is 10.9 Å². The Hall–Kier alpha value is -3.39. The van der Waals surface area contributed by atoms with Crippen LogP contribution in [0.15, 0.2) is 75.6 Å². The van der Waals surface area contributed by atoms with E-state index in [1.807, 2.05) is 18.2 Å². The number of oxazole rings is 1. The van der Waals surface area contributed by atoms with Crippen LogP contribution in [-0.4, -0.2) is 16.0 Å². The first-order valence-corrected chi connectivity index (χ1v) is 10.6. The molecular formula is C23H13Cl2N3O3S. The molecule has 3 aromatic carbocycles. The van der Waals surface area contributed by atoms with E-state index in [2.05, 4.69) is 15.6 Å². The number of fused-ring (bicyclic) bond motifs is 2. The van der Waals surface area contributed by atoms with Gasteiger partial charge in [0.2, 0.25) is 5.89 Å². The molecule has 9 heteroatoms. The van der Waals surface area contributed by atoms with Gasteiger partial charge < -0.3 is 14.2 Å². The lowest BCUT2D eigenvalue weighted by atomic mass is 10.2. The van der Waals surface area contributed by atoms with E-state index < -0.39 is 5.91 Å². The van der Waals surface area contributed by atoms with E-state index in [0.717, 1.165) is 5.39 Å². The van der Waals surface area contributed by atoms with Crippen LogP contribution in [0.3, 0.4) is 0 Å². The van der Waals surface area contributed by atoms with E-state index in [9.17, 15) is 4.79 Å². The van der Waals surface area contributed by atoms with Crippen molar-refractivity contribution in [1.29, 1.82) is 0 Å². The second-order valence-corrected chi connectivity index (χ2v) is 8.13. The lowest BCUT2D eigenvalue weighted by Gasteiger charge is -2.10. The summed E-state index contributed by atoms with van der Waals surface area (Å²) in [5, 5.41) is 7.52. The Morgan fingerprint density at radius 2 is 1.78 bits per heavy atom.